The third-order valence-electron chi connectivity index (χ3n) is 4.99. The van der Waals surface area contributed by atoms with Gasteiger partial charge in [-0.3, -0.25) is 4.79 Å². The zero-order valence-corrected chi connectivity index (χ0v) is 13.4. The summed E-state index contributed by atoms with van der Waals surface area (Å²) in [5.41, 5.74) is 0. The molecule has 5 nitrogen and oxygen atoms in total. The molecule has 2 fully saturated rings. The maximum atomic E-state index is 12.2. The van der Waals surface area contributed by atoms with Crippen molar-refractivity contribution < 1.29 is 4.79 Å². The summed E-state index contributed by atoms with van der Waals surface area (Å²) in [6, 6.07) is 3.85. The molecule has 2 heterocycles. The Morgan fingerprint density at radius 1 is 1.09 bits per heavy atom. The molecular formula is C17H26N4O. The van der Waals surface area contributed by atoms with Gasteiger partial charge in [0.25, 0.3) is 0 Å². The Balaban J connectivity index is 1.56. The van der Waals surface area contributed by atoms with Gasteiger partial charge in [0.05, 0.1) is 0 Å². The van der Waals surface area contributed by atoms with E-state index in [1.807, 2.05) is 12.1 Å². The van der Waals surface area contributed by atoms with Gasteiger partial charge in [0, 0.05) is 19.0 Å². The van der Waals surface area contributed by atoms with E-state index in [2.05, 4.69) is 27.3 Å². The topological polar surface area (TPSA) is 58.1 Å². The van der Waals surface area contributed by atoms with E-state index in [4.69, 9.17) is 0 Å². The first-order chi connectivity index (χ1) is 10.7. The summed E-state index contributed by atoms with van der Waals surface area (Å²) in [4.78, 5) is 14.5. The second-order valence-electron chi connectivity index (χ2n) is 6.77. The first-order valence-corrected chi connectivity index (χ1v) is 8.62. The van der Waals surface area contributed by atoms with E-state index >= 15 is 0 Å². The Morgan fingerprint density at radius 2 is 1.82 bits per heavy atom. The van der Waals surface area contributed by atoms with Gasteiger partial charge in [-0.15, -0.1) is 10.2 Å². The highest BCUT2D eigenvalue weighted by atomic mass is 16.1. The zero-order valence-electron chi connectivity index (χ0n) is 13.4. The number of nitrogens with one attached hydrogen (secondary N) is 1. The van der Waals surface area contributed by atoms with Crippen molar-refractivity contribution in [1.29, 1.82) is 0 Å². The van der Waals surface area contributed by atoms with E-state index < -0.39 is 0 Å². The molecule has 0 atom stereocenters. The lowest BCUT2D eigenvalue weighted by Crippen LogP contribution is -2.33. The molecule has 2 aliphatic rings. The van der Waals surface area contributed by atoms with Crippen LogP contribution >= 0.6 is 0 Å². The smallest absolute Gasteiger partial charge is 0.228 e. The molecule has 3 rings (SSSR count). The van der Waals surface area contributed by atoms with Crippen LogP contribution in [0.2, 0.25) is 0 Å². The highest BCUT2D eigenvalue weighted by Crippen LogP contribution is 2.25. The Bertz CT molecular complexity index is 488. The SMILES string of the molecule is CC1CCN(c2ccc(NC(=O)C3CCCCC3)nn2)CC1. The molecule has 1 saturated carbocycles. The molecule has 1 aromatic rings. The van der Waals surface area contributed by atoms with Gasteiger partial charge >= 0.3 is 0 Å². The number of aromatic nitrogens is 2. The van der Waals surface area contributed by atoms with Crippen LogP contribution in [-0.2, 0) is 4.79 Å². The van der Waals surface area contributed by atoms with Gasteiger partial charge in [-0.05, 0) is 43.7 Å². The van der Waals surface area contributed by atoms with Crippen LogP contribution in [-0.4, -0.2) is 29.2 Å². The predicted molar refractivity (Wildman–Crippen MR) is 87.8 cm³/mol. The number of hydrogen-bond acceptors (Lipinski definition) is 4. The van der Waals surface area contributed by atoms with Gasteiger partial charge < -0.3 is 10.2 Å². The molecule has 0 bridgehead atoms. The van der Waals surface area contributed by atoms with E-state index in [0.717, 1.165) is 50.5 Å². The molecule has 1 aliphatic carbocycles. The number of piperidine rings is 1. The monoisotopic (exact) mass is 302 g/mol. The first kappa shape index (κ1) is 15.3. The van der Waals surface area contributed by atoms with Crippen molar-refractivity contribution in [3.63, 3.8) is 0 Å². The third kappa shape index (κ3) is 3.76. The highest BCUT2D eigenvalue weighted by Gasteiger charge is 2.22. The number of nitrogens with zero attached hydrogens (tertiary/aromatic N) is 3. The van der Waals surface area contributed by atoms with Crippen molar-refractivity contribution in [1.82, 2.24) is 10.2 Å². The van der Waals surface area contributed by atoms with Crippen LogP contribution in [0, 0.1) is 11.8 Å². The molecule has 22 heavy (non-hydrogen) atoms. The fourth-order valence-corrected chi connectivity index (χ4v) is 3.39. The van der Waals surface area contributed by atoms with Crippen molar-refractivity contribution in [3.05, 3.63) is 12.1 Å². The molecule has 0 radical (unpaired) electrons. The average Bonchev–Trinajstić information content (AvgIpc) is 2.57. The number of rotatable bonds is 3. The summed E-state index contributed by atoms with van der Waals surface area (Å²) in [5.74, 6) is 2.55. The van der Waals surface area contributed by atoms with Crippen molar-refractivity contribution in [2.75, 3.05) is 23.3 Å². The minimum Gasteiger partial charge on any atom is -0.355 e. The standard InChI is InChI=1S/C17H26N4O/c1-13-9-11-21(12-10-13)16-8-7-15(19-20-16)18-17(22)14-5-3-2-4-6-14/h7-8,13-14H,2-6,9-12H2,1H3,(H,18,19,22). The number of amides is 1. The fraction of sp³-hybridized carbons (Fsp3) is 0.706. The van der Waals surface area contributed by atoms with Crippen LogP contribution in [0.3, 0.4) is 0 Å². The summed E-state index contributed by atoms with van der Waals surface area (Å²) in [5, 5.41) is 11.4. The van der Waals surface area contributed by atoms with Gasteiger partial charge in [-0.1, -0.05) is 26.2 Å². The first-order valence-electron chi connectivity index (χ1n) is 8.62. The minimum absolute atomic E-state index is 0.105. The fourth-order valence-electron chi connectivity index (χ4n) is 3.39. The van der Waals surface area contributed by atoms with Gasteiger partial charge in [0.15, 0.2) is 11.6 Å². The Hall–Kier alpha value is -1.65. The average molecular weight is 302 g/mol. The maximum absolute atomic E-state index is 12.2. The van der Waals surface area contributed by atoms with Crippen LogP contribution in [0.25, 0.3) is 0 Å². The predicted octanol–water partition coefficient (Wildman–Crippen LogP) is 3.23. The van der Waals surface area contributed by atoms with E-state index in [-0.39, 0.29) is 11.8 Å². The molecular weight excluding hydrogens is 276 g/mol. The Morgan fingerprint density at radius 3 is 2.45 bits per heavy atom. The highest BCUT2D eigenvalue weighted by molar-refractivity contribution is 5.91. The lowest BCUT2D eigenvalue weighted by molar-refractivity contribution is -0.120. The van der Waals surface area contributed by atoms with Crippen molar-refractivity contribution >= 4 is 17.5 Å². The lowest BCUT2D eigenvalue weighted by Gasteiger charge is -2.30. The normalized spacial score (nSPS) is 20.9. The molecule has 0 spiro atoms. The van der Waals surface area contributed by atoms with Crippen molar-refractivity contribution in [2.45, 2.75) is 51.9 Å². The number of carbonyl (C=O) groups excluding carboxylic acids is 1. The second kappa shape index (κ2) is 7.07. The molecule has 1 amide bonds. The van der Waals surface area contributed by atoms with E-state index in [9.17, 15) is 4.79 Å². The van der Waals surface area contributed by atoms with Gasteiger partial charge in [-0.25, -0.2) is 0 Å². The zero-order chi connectivity index (χ0) is 15.4. The maximum Gasteiger partial charge on any atom is 0.228 e. The van der Waals surface area contributed by atoms with E-state index in [0.29, 0.717) is 5.82 Å². The summed E-state index contributed by atoms with van der Waals surface area (Å²) in [6.07, 6.45) is 8.01. The molecule has 1 N–H and O–H groups in total. The van der Waals surface area contributed by atoms with Crippen LogP contribution < -0.4 is 10.2 Å². The Labute approximate surface area is 132 Å². The van der Waals surface area contributed by atoms with Gasteiger partial charge in [-0.2, -0.15) is 0 Å². The third-order valence-corrected chi connectivity index (χ3v) is 4.99. The van der Waals surface area contributed by atoms with Crippen molar-refractivity contribution in [3.8, 4) is 0 Å². The van der Waals surface area contributed by atoms with Crippen LogP contribution in [0.15, 0.2) is 12.1 Å². The van der Waals surface area contributed by atoms with Crippen LogP contribution in [0.5, 0.6) is 0 Å². The summed E-state index contributed by atoms with van der Waals surface area (Å²) in [7, 11) is 0. The quantitative estimate of drug-likeness (QED) is 0.931. The molecule has 1 aliphatic heterocycles. The largest absolute Gasteiger partial charge is 0.355 e. The number of anilines is 2. The Kier molecular flexibility index (Phi) is 4.90. The molecule has 5 heteroatoms. The molecule has 1 saturated heterocycles. The molecule has 0 unspecified atom stereocenters. The molecule has 0 aromatic carbocycles. The second-order valence-corrected chi connectivity index (χ2v) is 6.77. The number of carbonyl (C=O) groups is 1. The summed E-state index contributed by atoms with van der Waals surface area (Å²) < 4.78 is 0. The van der Waals surface area contributed by atoms with Gasteiger partial charge in [0.1, 0.15) is 0 Å². The van der Waals surface area contributed by atoms with E-state index in [1.54, 1.807) is 0 Å². The summed E-state index contributed by atoms with van der Waals surface area (Å²) in [6.45, 7) is 4.39. The van der Waals surface area contributed by atoms with Crippen LogP contribution in [0.1, 0.15) is 51.9 Å². The van der Waals surface area contributed by atoms with Gasteiger partial charge in [0.2, 0.25) is 5.91 Å². The summed E-state index contributed by atoms with van der Waals surface area (Å²) >= 11 is 0. The van der Waals surface area contributed by atoms with Crippen molar-refractivity contribution in [2.24, 2.45) is 11.8 Å². The lowest BCUT2D eigenvalue weighted by atomic mass is 9.89. The minimum atomic E-state index is 0.105. The number of hydrogen-bond donors (Lipinski definition) is 1. The molecule has 120 valence electrons. The van der Waals surface area contributed by atoms with Crippen LogP contribution in [0.4, 0.5) is 11.6 Å². The van der Waals surface area contributed by atoms with E-state index in [1.165, 1.54) is 19.3 Å². The molecule has 1 aromatic heterocycles.